The highest BCUT2D eigenvalue weighted by Crippen LogP contribution is 2.26. The summed E-state index contributed by atoms with van der Waals surface area (Å²) in [6.45, 7) is 1.63. The molecule has 1 fully saturated rings. The van der Waals surface area contributed by atoms with Crippen LogP contribution in [0, 0.1) is 0 Å². The first-order chi connectivity index (χ1) is 8.72. The molecule has 0 amide bonds. The number of thiocarbonyl (C=S) groups is 1. The van der Waals surface area contributed by atoms with Crippen molar-refractivity contribution in [3.8, 4) is 0 Å². The van der Waals surface area contributed by atoms with Gasteiger partial charge in [0.1, 0.15) is 10.7 Å². The lowest BCUT2D eigenvalue weighted by Crippen LogP contribution is -2.41. The summed E-state index contributed by atoms with van der Waals surface area (Å²) in [6, 6.07) is 4.48. The average Bonchev–Trinajstić information content (AvgIpc) is 2.27. The molecule has 4 nitrogen and oxygen atoms in total. The maximum Gasteiger partial charge on any atom is 0.123 e. The van der Waals surface area contributed by atoms with Crippen LogP contribution in [0.15, 0.2) is 18.3 Å². The third-order valence-electron chi connectivity index (χ3n) is 3.48. The van der Waals surface area contributed by atoms with Crippen molar-refractivity contribution < 1.29 is 5.11 Å². The molecule has 18 heavy (non-hydrogen) atoms. The number of nitrogens with two attached hydrogens (primary N) is 1. The van der Waals surface area contributed by atoms with E-state index < -0.39 is 0 Å². The molecule has 1 saturated carbocycles. The van der Waals surface area contributed by atoms with Crippen molar-refractivity contribution in [3.63, 3.8) is 0 Å². The van der Waals surface area contributed by atoms with Crippen LogP contribution in [-0.2, 0) is 6.54 Å². The summed E-state index contributed by atoms with van der Waals surface area (Å²) in [5.74, 6) is 0. The molecule has 1 aromatic rings. The van der Waals surface area contributed by atoms with Crippen molar-refractivity contribution in [1.82, 2.24) is 9.88 Å². The molecule has 0 spiro atoms. The number of aliphatic hydroxyl groups is 1. The lowest BCUT2D eigenvalue weighted by atomic mass is 9.91. The highest BCUT2D eigenvalue weighted by molar-refractivity contribution is 7.80. The first kappa shape index (κ1) is 13.4. The molecule has 0 bridgehead atoms. The van der Waals surface area contributed by atoms with Gasteiger partial charge in [-0.25, -0.2) is 0 Å². The normalized spacial score (nSPS) is 15.7. The van der Waals surface area contributed by atoms with E-state index in [1.165, 1.54) is 19.3 Å². The third kappa shape index (κ3) is 3.04. The van der Waals surface area contributed by atoms with Crippen molar-refractivity contribution in [3.05, 3.63) is 29.6 Å². The Morgan fingerprint density at radius 3 is 2.89 bits per heavy atom. The molecule has 0 aromatic carbocycles. The second kappa shape index (κ2) is 6.22. The number of hydrogen-bond donors (Lipinski definition) is 2. The van der Waals surface area contributed by atoms with Gasteiger partial charge in [0.25, 0.3) is 0 Å². The summed E-state index contributed by atoms with van der Waals surface area (Å²) in [5, 5.41) is 9.15. The molecule has 0 aliphatic heterocycles. The predicted octanol–water partition coefficient (Wildman–Crippen LogP) is 1.06. The minimum absolute atomic E-state index is 0.180. The van der Waals surface area contributed by atoms with Crippen LogP contribution in [0.1, 0.15) is 30.5 Å². The number of aromatic nitrogens is 1. The van der Waals surface area contributed by atoms with Gasteiger partial charge < -0.3 is 10.8 Å². The summed E-state index contributed by atoms with van der Waals surface area (Å²) in [6.07, 6.45) is 5.41. The second-order valence-corrected chi connectivity index (χ2v) is 5.09. The van der Waals surface area contributed by atoms with Crippen LogP contribution in [-0.4, -0.2) is 39.2 Å². The van der Waals surface area contributed by atoms with E-state index in [1.54, 1.807) is 6.20 Å². The highest BCUT2D eigenvalue weighted by Gasteiger charge is 2.25. The Morgan fingerprint density at radius 1 is 1.56 bits per heavy atom. The van der Waals surface area contributed by atoms with Crippen molar-refractivity contribution >= 4 is 17.2 Å². The molecule has 0 unspecified atom stereocenters. The van der Waals surface area contributed by atoms with Crippen LogP contribution in [0.2, 0.25) is 0 Å². The minimum atomic E-state index is 0.180. The van der Waals surface area contributed by atoms with Gasteiger partial charge in [-0.1, -0.05) is 24.7 Å². The van der Waals surface area contributed by atoms with Crippen LogP contribution in [0.25, 0.3) is 0 Å². The van der Waals surface area contributed by atoms with Gasteiger partial charge in [0.05, 0.1) is 6.61 Å². The molecule has 3 N–H and O–H groups in total. The van der Waals surface area contributed by atoms with Crippen molar-refractivity contribution in [2.75, 3.05) is 13.2 Å². The first-order valence-electron chi connectivity index (χ1n) is 6.31. The molecule has 5 heteroatoms. The predicted molar refractivity (Wildman–Crippen MR) is 75.3 cm³/mol. The molecule has 1 aliphatic rings. The lowest BCUT2D eigenvalue weighted by molar-refractivity contribution is 0.0944. The van der Waals surface area contributed by atoms with E-state index in [0.717, 1.165) is 12.1 Å². The first-order valence-corrected chi connectivity index (χ1v) is 6.72. The third-order valence-corrected chi connectivity index (χ3v) is 3.67. The molecule has 98 valence electrons. The summed E-state index contributed by atoms with van der Waals surface area (Å²) >= 11 is 5.02. The second-order valence-electron chi connectivity index (χ2n) is 4.65. The fraction of sp³-hybridized carbons (Fsp3) is 0.538. The molecular weight excluding hydrogens is 246 g/mol. The van der Waals surface area contributed by atoms with Gasteiger partial charge in [-0.3, -0.25) is 9.88 Å². The Balaban J connectivity index is 2.12. The van der Waals surface area contributed by atoms with Crippen LogP contribution in [0.4, 0.5) is 0 Å². The van der Waals surface area contributed by atoms with Gasteiger partial charge in [-0.2, -0.15) is 0 Å². The number of hydrogen-bond acceptors (Lipinski definition) is 4. The lowest BCUT2D eigenvalue weighted by Gasteiger charge is -2.37. The smallest absolute Gasteiger partial charge is 0.123 e. The molecular formula is C13H19N3OS. The van der Waals surface area contributed by atoms with Crippen molar-refractivity contribution in [2.24, 2.45) is 5.73 Å². The zero-order valence-corrected chi connectivity index (χ0v) is 11.2. The fourth-order valence-corrected chi connectivity index (χ4v) is 2.46. The summed E-state index contributed by atoms with van der Waals surface area (Å²) in [4.78, 5) is 6.87. The average molecular weight is 265 g/mol. The van der Waals surface area contributed by atoms with Crippen molar-refractivity contribution in [1.29, 1.82) is 0 Å². The summed E-state index contributed by atoms with van der Waals surface area (Å²) < 4.78 is 0. The number of nitrogens with zero attached hydrogens (tertiary/aromatic N) is 2. The molecule has 0 saturated heterocycles. The van der Waals surface area contributed by atoms with E-state index in [1.807, 2.05) is 12.1 Å². The van der Waals surface area contributed by atoms with E-state index in [-0.39, 0.29) is 6.61 Å². The Hall–Kier alpha value is -1.04. The van der Waals surface area contributed by atoms with E-state index >= 15 is 0 Å². The number of pyridine rings is 1. The van der Waals surface area contributed by atoms with Crippen LogP contribution in [0.5, 0.6) is 0 Å². The highest BCUT2D eigenvalue weighted by atomic mass is 32.1. The minimum Gasteiger partial charge on any atom is -0.395 e. The number of aliphatic hydroxyl groups excluding tert-OH is 1. The summed E-state index contributed by atoms with van der Waals surface area (Å²) in [7, 11) is 0. The van der Waals surface area contributed by atoms with Gasteiger partial charge >= 0.3 is 0 Å². The van der Waals surface area contributed by atoms with Gasteiger partial charge in [0.15, 0.2) is 0 Å². The standard InChI is InChI=1S/C13H19N3OS/c14-13(18)12-10(3-2-6-15-12)9-16(7-8-17)11-4-1-5-11/h2-3,6,11,17H,1,4-5,7-9H2,(H2,14,18). The quantitative estimate of drug-likeness (QED) is 0.753. The monoisotopic (exact) mass is 265 g/mol. The molecule has 0 radical (unpaired) electrons. The Labute approximate surface area is 113 Å². The van der Waals surface area contributed by atoms with Gasteiger partial charge in [0.2, 0.25) is 0 Å². The Kier molecular flexibility index (Phi) is 4.63. The molecule has 2 rings (SSSR count). The Bertz CT molecular complexity index is 420. The van der Waals surface area contributed by atoms with Gasteiger partial charge in [0, 0.05) is 25.3 Å². The Morgan fingerprint density at radius 2 is 2.33 bits per heavy atom. The van der Waals surface area contributed by atoms with E-state index in [9.17, 15) is 0 Å². The summed E-state index contributed by atoms with van der Waals surface area (Å²) in [5.41, 5.74) is 7.44. The largest absolute Gasteiger partial charge is 0.395 e. The SMILES string of the molecule is NC(=S)c1ncccc1CN(CCO)C1CCC1. The zero-order valence-electron chi connectivity index (χ0n) is 10.4. The van der Waals surface area contributed by atoms with E-state index in [2.05, 4.69) is 9.88 Å². The number of rotatable bonds is 6. The topological polar surface area (TPSA) is 62.4 Å². The van der Waals surface area contributed by atoms with Gasteiger partial charge in [-0.05, 0) is 24.5 Å². The van der Waals surface area contributed by atoms with E-state index in [0.29, 0.717) is 23.3 Å². The maximum absolute atomic E-state index is 9.15. The van der Waals surface area contributed by atoms with Gasteiger partial charge in [-0.15, -0.1) is 0 Å². The maximum atomic E-state index is 9.15. The molecule has 1 aromatic heterocycles. The zero-order chi connectivity index (χ0) is 13.0. The molecule has 0 atom stereocenters. The molecule has 1 aliphatic carbocycles. The van der Waals surface area contributed by atoms with Crippen LogP contribution < -0.4 is 5.73 Å². The van der Waals surface area contributed by atoms with E-state index in [4.69, 9.17) is 23.1 Å². The van der Waals surface area contributed by atoms with Crippen LogP contribution in [0.3, 0.4) is 0 Å². The molecule has 1 heterocycles. The van der Waals surface area contributed by atoms with Crippen LogP contribution >= 0.6 is 12.2 Å². The fourth-order valence-electron chi connectivity index (χ4n) is 2.28. The van der Waals surface area contributed by atoms with Crippen molar-refractivity contribution in [2.45, 2.75) is 31.8 Å².